The van der Waals surface area contributed by atoms with Crippen LogP contribution in [0.2, 0.25) is 0 Å². The molecule has 3 nitrogen and oxygen atoms in total. The molecule has 0 aliphatic heterocycles. The number of imidazole rings is 1. The first kappa shape index (κ1) is 11.9. The van der Waals surface area contributed by atoms with E-state index in [0.29, 0.717) is 0 Å². The van der Waals surface area contributed by atoms with Gasteiger partial charge in [0.05, 0.1) is 11.9 Å². The fourth-order valence-electron chi connectivity index (χ4n) is 1.98. The van der Waals surface area contributed by atoms with E-state index in [0.717, 1.165) is 29.9 Å². The van der Waals surface area contributed by atoms with E-state index in [9.17, 15) is 5.11 Å². The van der Waals surface area contributed by atoms with Gasteiger partial charge in [-0.3, -0.25) is 0 Å². The quantitative estimate of drug-likeness (QED) is 0.876. The summed E-state index contributed by atoms with van der Waals surface area (Å²) >= 11 is 0. The van der Waals surface area contributed by atoms with E-state index in [1.807, 2.05) is 41.9 Å². The zero-order valence-corrected chi connectivity index (χ0v) is 10.3. The Kier molecular flexibility index (Phi) is 3.59. The van der Waals surface area contributed by atoms with Crippen LogP contribution in [0.1, 0.15) is 36.5 Å². The summed E-state index contributed by atoms with van der Waals surface area (Å²) in [7, 11) is 1.96. The predicted molar refractivity (Wildman–Crippen MR) is 67.7 cm³/mol. The Balaban J connectivity index is 2.28. The molecule has 0 aliphatic carbocycles. The molecular weight excluding hydrogens is 212 g/mol. The van der Waals surface area contributed by atoms with Gasteiger partial charge in [-0.2, -0.15) is 0 Å². The molecule has 90 valence electrons. The van der Waals surface area contributed by atoms with Gasteiger partial charge in [-0.15, -0.1) is 0 Å². The third kappa shape index (κ3) is 2.39. The molecule has 0 fully saturated rings. The van der Waals surface area contributed by atoms with Crippen molar-refractivity contribution in [2.24, 2.45) is 7.05 Å². The van der Waals surface area contributed by atoms with Gasteiger partial charge in [-0.1, -0.05) is 37.3 Å². The fourth-order valence-corrected chi connectivity index (χ4v) is 1.98. The number of aromatic nitrogens is 2. The molecule has 2 aromatic rings. The lowest BCUT2D eigenvalue weighted by Gasteiger charge is -2.12. The first-order valence-corrected chi connectivity index (χ1v) is 5.97. The number of nitrogens with zero attached hydrogens (tertiary/aromatic N) is 2. The number of aliphatic hydroxyl groups excluding tert-OH is 1. The van der Waals surface area contributed by atoms with Crippen molar-refractivity contribution in [1.82, 2.24) is 9.55 Å². The van der Waals surface area contributed by atoms with Crippen LogP contribution >= 0.6 is 0 Å². The van der Waals surface area contributed by atoms with Crippen molar-refractivity contribution in [2.45, 2.75) is 25.9 Å². The number of aryl methyl sites for hydroxylation is 1. The third-order valence-electron chi connectivity index (χ3n) is 2.99. The van der Waals surface area contributed by atoms with Gasteiger partial charge in [0, 0.05) is 13.5 Å². The minimum atomic E-state index is -0.598. The number of benzene rings is 1. The minimum absolute atomic E-state index is 0.598. The Morgan fingerprint density at radius 1 is 1.29 bits per heavy atom. The zero-order valence-electron chi connectivity index (χ0n) is 10.3. The van der Waals surface area contributed by atoms with Crippen molar-refractivity contribution in [3.05, 3.63) is 53.6 Å². The van der Waals surface area contributed by atoms with Gasteiger partial charge in [0.1, 0.15) is 11.9 Å². The van der Waals surface area contributed by atoms with E-state index in [1.165, 1.54) is 0 Å². The molecule has 1 heterocycles. The largest absolute Gasteiger partial charge is 0.382 e. The van der Waals surface area contributed by atoms with E-state index in [2.05, 4.69) is 11.9 Å². The molecule has 0 saturated heterocycles. The SMILES string of the molecule is CCCc1ncc([C@@H](O)c2ccccc2)n1C. The van der Waals surface area contributed by atoms with Crippen LogP contribution in [0.4, 0.5) is 0 Å². The zero-order chi connectivity index (χ0) is 12.3. The topological polar surface area (TPSA) is 38.1 Å². The molecule has 1 atom stereocenters. The number of hydrogen-bond acceptors (Lipinski definition) is 2. The Labute approximate surface area is 102 Å². The van der Waals surface area contributed by atoms with Crippen molar-refractivity contribution >= 4 is 0 Å². The van der Waals surface area contributed by atoms with Gasteiger partial charge in [0.2, 0.25) is 0 Å². The maximum Gasteiger partial charge on any atom is 0.121 e. The summed E-state index contributed by atoms with van der Waals surface area (Å²) in [6.45, 7) is 2.13. The molecule has 0 spiro atoms. The highest BCUT2D eigenvalue weighted by Gasteiger charge is 2.15. The van der Waals surface area contributed by atoms with E-state index in [1.54, 1.807) is 6.20 Å². The highest BCUT2D eigenvalue weighted by Crippen LogP contribution is 2.22. The predicted octanol–water partition coefficient (Wildman–Crippen LogP) is 2.45. The van der Waals surface area contributed by atoms with Crippen molar-refractivity contribution in [2.75, 3.05) is 0 Å². The van der Waals surface area contributed by atoms with Crippen LogP contribution < -0.4 is 0 Å². The molecular formula is C14H18N2O. The van der Waals surface area contributed by atoms with Crippen molar-refractivity contribution in [1.29, 1.82) is 0 Å². The lowest BCUT2D eigenvalue weighted by atomic mass is 10.1. The Bertz CT molecular complexity index is 476. The second kappa shape index (κ2) is 5.15. The van der Waals surface area contributed by atoms with Crippen molar-refractivity contribution in [3.63, 3.8) is 0 Å². The number of hydrogen-bond donors (Lipinski definition) is 1. The lowest BCUT2D eigenvalue weighted by molar-refractivity contribution is 0.211. The summed E-state index contributed by atoms with van der Waals surface area (Å²) in [6, 6.07) is 9.67. The average molecular weight is 230 g/mol. The molecule has 1 N–H and O–H groups in total. The normalized spacial score (nSPS) is 12.6. The van der Waals surface area contributed by atoms with Gasteiger partial charge < -0.3 is 9.67 Å². The standard InChI is InChI=1S/C14H18N2O/c1-3-7-13-15-10-12(16(13)2)14(17)11-8-5-4-6-9-11/h4-6,8-10,14,17H,3,7H2,1-2H3/t14-/m0/s1. The second-order valence-electron chi connectivity index (χ2n) is 4.22. The van der Waals surface area contributed by atoms with Crippen LogP contribution in [0.3, 0.4) is 0 Å². The van der Waals surface area contributed by atoms with Gasteiger partial charge in [0.15, 0.2) is 0 Å². The summed E-state index contributed by atoms with van der Waals surface area (Å²) in [6.07, 6.45) is 3.17. The van der Waals surface area contributed by atoms with Crippen LogP contribution in [0, 0.1) is 0 Å². The molecule has 0 radical (unpaired) electrons. The maximum atomic E-state index is 10.3. The van der Waals surface area contributed by atoms with E-state index >= 15 is 0 Å². The van der Waals surface area contributed by atoms with Crippen molar-refractivity contribution < 1.29 is 5.11 Å². The summed E-state index contributed by atoms with van der Waals surface area (Å²) in [5, 5.41) is 10.3. The smallest absolute Gasteiger partial charge is 0.121 e. The minimum Gasteiger partial charge on any atom is -0.382 e. The van der Waals surface area contributed by atoms with E-state index in [4.69, 9.17) is 0 Å². The summed E-state index contributed by atoms with van der Waals surface area (Å²) in [5.74, 6) is 1.03. The van der Waals surface area contributed by atoms with Crippen LogP contribution in [0.15, 0.2) is 36.5 Å². The molecule has 3 heteroatoms. The van der Waals surface area contributed by atoms with Gasteiger partial charge in [-0.05, 0) is 12.0 Å². The highest BCUT2D eigenvalue weighted by atomic mass is 16.3. The van der Waals surface area contributed by atoms with Crippen LogP contribution in [-0.4, -0.2) is 14.7 Å². The van der Waals surface area contributed by atoms with Gasteiger partial charge >= 0.3 is 0 Å². The average Bonchev–Trinajstić information content (AvgIpc) is 2.72. The summed E-state index contributed by atoms with van der Waals surface area (Å²) in [4.78, 5) is 4.36. The van der Waals surface area contributed by atoms with Gasteiger partial charge in [0.25, 0.3) is 0 Å². The molecule has 0 aliphatic rings. The van der Waals surface area contributed by atoms with E-state index in [-0.39, 0.29) is 0 Å². The molecule has 0 amide bonds. The second-order valence-corrected chi connectivity index (χ2v) is 4.22. The van der Waals surface area contributed by atoms with Crippen LogP contribution in [-0.2, 0) is 13.5 Å². The van der Waals surface area contributed by atoms with Crippen LogP contribution in [0.5, 0.6) is 0 Å². The maximum absolute atomic E-state index is 10.3. The van der Waals surface area contributed by atoms with Gasteiger partial charge in [-0.25, -0.2) is 4.98 Å². The fraction of sp³-hybridized carbons (Fsp3) is 0.357. The summed E-state index contributed by atoms with van der Waals surface area (Å²) < 4.78 is 1.99. The summed E-state index contributed by atoms with van der Waals surface area (Å²) in [5.41, 5.74) is 1.75. The molecule has 1 aromatic carbocycles. The Morgan fingerprint density at radius 3 is 2.65 bits per heavy atom. The number of aliphatic hydroxyl groups is 1. The Morgan fingerprint density at radius 2 is 2.00 bits per heavy atom. The molecule has 0 unspecified atom stereocenters. The molecule has 2 rings (SSSR count). The Hall–Kier alpha value is -1.61. The monoisotopic (exact) mass is 230 g/mol. The third-order valence-corrected chi connectivity index (χ3v) is 2.99. The molecule has 0 bridgehead atoms. The molecule has 17 heavy (non-hydrogen) atoms. The van der Waals surface area contributed by atoms with Crippen LogP contribution in [0.25, 0.3) is 0 Å². The first-order valence-electron chi connectivity index (χ1n) is 5.97. The first-order chi connectivity index (χ1) is 8.24. The molecule has 0 saturated carbocycles. The lowest BCUT2D eigenvalue weighted by Crippen LogP contribution is -2.07. The van der Waals surface area contributed by atoms with Crippen molar-refractivity contribution in [3.8, 4) is 0 Å². The van der Waals surface area contributed by atoms with E-state index < -0.39 is 6.10 Å². The molecule has 1 aromatic heterocycles. The number of rotatable bonds is 4. The highest BCUT2D eigenvalue weighted by molar-refractivity contribution is 5.25.